The Morgan fingerprint density at radius 1 is 1.53 bits per heavy atom. The van der Waals surface area contributed by atoms with Gasteiger partial charge in [0.05, 0.1) is 17.1 Å². The zero-order valence-electron chi connectivity index (χ0n) is 10.8. The number of rotatable bonds is 4. The van der Waals surface area contributed by atoms with Gasteiger partial charge in [-0.2, -0.15) is 0 Å². The summed E-state index contributed by atoms with van der Waals surface area (Å²) in [4.78, 5) is 31.5. The second kappa shape index (κ2) is 5.34. The Kier molecular flexibility index (Phi) is 3.96. The maximum Gasteiger partial charge on any atom is 0.259 e. The molecule has 2 heterocycles. The van der Waals surface area contributed by atoms with Crippen LogP contribution in [-0.4, -0.2) is 21.2 Å². The minimum atomic E-state index is -1.11. The Morgan fingerprint density at radius 2 is 2.21 bits per heavy atom. The van der Waals surface area contributed by atoms with Crippen LogP contribution in [0, 0.1) is 13.8 Å². The smallest absolute Gasteiger partial charge is 0.259 e. The molecule has 0 aromatic carbocycles. The lowest BCUT2D eigenvalue weighted by atomic mass is 10.2. The first-order valence-electron chi connectivity index (χ1n) is 5.71. The molecule has 19 heavy (non-hydrogen) atoms. The van der Waals surface area contributed by atoms with Crippen LogP contribution in [0.4, 0.5) is 0 Å². The van der Waals surface area contributed by atoms with Crippen LogP contribution < -0.4 is 10.7 Å². The number of hydrogen-bond acceptors (Lipinski definition) is 6. The number of thioether (sulfide) groups is 1. The molecule has 0 aliphatic carbocycles. The summed E-state index contributed by atoms with van der Waals surface area (Å²) in [5, 5.41) is 10.6. The molecule has 0 amide bonds. The molecule has 0 saturated heterocycles. The van der Waals surface area contributed by atoms with Gasteiger partial charge in [0.2, 0.25) is 0 Å². The number of nitrogens with one attached hydrogen (secondary N) is 1. The SMILES string of the molecule is Cc1sc2nc(CS[C@H](C)C(=O)[O-])[nH]c(=O)c2c1C. The average Bonchev–Trinajstić information content (AvgIpc) is 2.62. The van der Waals surface area contributed by atoms with Crippen molar-refractivity contribution in [3.8, 4) is 0 Å². The second-order valence-electron chi connectivity index (χ2n) is 4.25. The standard InChI is InChI=1S/C12H14N2O3S2/c1-5-6(2)19-11-9(5)10(15)13-8(14-11)4-18-7(3)12(16)17/h7H,4H2,1-3H3,(H,16,17)(H,13,14,15)/p-1/t7-/m1/s1. The van der Waals surface area contributed by atoms with Crippen LogP contribution in [0.3, 0.4) is 0 Å². The number of carboxylic acids is 1. The van der Waals surface area contributed by atoms with Gasteiger partial charge in [-0.25, -0.2) is 4.98 Å². The molecule has 0 saturated carbocycles. The van der Waals surface area contributed by atoms with Crippen LogP contribution in [0.15, 0.2) is 4.79 Å². The number of thiophene rings is 1. The van der Waals surface area contributed by atoms with Crippen LogP contribution >= 0.6 is 23.1 Å². The molecule has 0 aliphatic rings. The van der Waals surface area contributed by atoms with E-state index in [1.54, 1.807) is 6.92 Å². The topological polar surface area (TPSA) is 85.9 Å². The van der Waals surface area contributed by atoms with E-state index in [0.717, 1.165) is 10.4 Å². The molecule has 0 fully saturated rings. The summed E-state index contributed by atoms with van der Waals surface area (Å²) in [6, 6.07) is 0. The minimum Gasteiger partial charge on any atom is -0.549 e. The third-order valence-corrected chi connectivity index (χ3v) is 5.12. The Labute approximate surface area is 118 Å². The predicted molar refractivity (Wildman–Crippen MR) is 75.5 cm³/mol. The van der Waals surface area contributed by atoms with E-state index in [1.807, 2.05) is 13.8 Å². The highest BCUT2D eigenvalue weighted by molar-refractivity contribution is 7.99. The molecule has 0 spiro atoms. The van der Waals surface area contributed by atoms with E-state index in [4.69, 9.17) is 0 Å². The molecule has 0 bridgehead atoms. The first-order chi connectivity index (χ1) is 8.90. The van der Waals surface area contributed by atoms with Gasteiger partial charge in [0.25, 0.3) is 5.56 Å². The van der Waals surface area contributed by atoms with Crippen molar-refractivity contribution in [1.82, 2.24) is 9.97 Å². The number of carbonyl (C=O) groups is 1. The molecule has 7 heteroatoms. The van der Waals surface area contributed by atoms with E-state index >= 15 is 0 Å². The average molecular weight is 297 g/mol. The van der Waals surface area contributed by atoms with Gasteiger partial charge >= 0.3 is 0 Å². The number of fused-ring (bicyclic) bond motifs is 1. The summed E-state index contributed by atoms with van der Waals surface area (Å²) in [7, 11) is 0. The summed E-state index contributed by atoms with van der Waals surface area (Å²) >= 11 is 2.65. The number of H-pyrrole nitrogens is 1. The Hall–Kier alpha value is -1.34. The molecule has 5 nitrogen and oxygen atoms in total. The number of carbonyl (C=O) groups excluding carboxylic acids is 1. The fraction of sp³-hybridized carbons (Fsp3) is 0.417. The zero-order valence-corrected chi connectivity index (χ0v) is 12.4. The van der Waals surface area contributed by atoms with Gasteiger partial charge in [0.1, 0.15) is 10.7 Å². The van der Waals surface area contributed by atoms with E-state index in [-0.39, 0.29) is 5.56 Å². The van der Waals surface area contributed by atoms with E-state index < -0.39 is 11.2 Å². The largest absolute Gasteiger partial charge is 0.549 e. The van der Waals surface area contributed by atoms with Crippen molar-refractivity contribution in [1.29, 1.82) is 0 Å². The van der Waals surface area contributed by atoms with Crippen LogP contribution in [0.25, 0.3) is 10.2 Å². The maximum absolute atomic E-state index is 12.0. The minimum absolute atomic E-state index is 0.163. The van der Waals surface area contributed by atoms with Gasteiger partial charge in [0.15, 0.2) is 0 Å². The number of nitrogens with zero attached hydrogens (tertiary/aromatic N) is 1. The number of aryl methyl sites for hydroxylation is 2. The highest BCUT2D eigenvalue weighted by atomic mass is 32.2. The van der Waals surface area contributed by atoms with Crippen molar-refractivity contribution in [3.63, 3.8) is 0 Å². The summed E-state index contributed by atoms with van der Waals surface area (Å²) in [6.45, 7) is 5.40. The van der Waals surface area contributed by atoms with Gasteiger partial charge in [-0.05, 0) is 26.3 Å². The molecule has 2 aromatic rings. The second-order valence-corrected chi connectivity index (χ2v) is 6.78. The Morgan fingerprint density at radius 3 is 2.84 bits per heavy atom. The normalized spacial score (nSPS) is 12.8. The van der Waals surface area contributed by atoms with Crippen molar-refractivity contribution in [2.45, 2.75) is 31.8 Å². The number of aromatic amines is 1. The van der Waals surface area contributed by atoms with Gasteiger partial charge in [-0.15, -0.1) is 23.1 Å². The first-order valence-corrected chi connectivity index (χ1v) is 7.58. The lowest BCUT2D eigenvalue weighted by Crippen LogP contribution is -2.31. The maximum atomic E-state index is 12.0. The molecule has 0 unspecified atom stereocenters. The van der Waals surface area contributed by atoms with Crippen molar-refractivity contribution in [2.75, 3.05) is 0 Å². The van der Waals surface area contributed by atoms with Crippen molar-refractivity contribution in [3.05, 3.63) is 26.6 Å². The molecule has 2 aromatic heterocycles. The van der Waals surface area contributed by atoms with Gasteiger partial charge < -0.3 is 14.9 Å². The summed E-state index contributed by atoms with van der Waals surface area (Å²) in [5.74, 6) is -0.274. The number of aliphatic carboxylic acids is 1. The third-order valence-electron chi connectivity index (χ3n) is 2.89. The summed E-state index contributed by atoms with van der Waals surface area (Å²) in [6.07, 6.45) is 0. The van der Waals surface area contributed by atoms with Crippen LogP contribution in [0.2, 0.25) is 0 Å². The number of hydrogen-bond donors (Lipinski definition) is 1. The van der Waals surface area contributed by atoms with Crippen molar-refractivity contribution in [2.24, 2.45) is 0 Å². The molecule has 2 rings (SSSR count). The first kappa shape index (κ1) is 14.1. The Balaban J connectivity index is 2.31. The van der Waals surface area contributed by atoms with Crippen LogP contribution in [-0.2, 0) is 10.5 Å². The molecular weight excluding hydrogens is 284 g/mol. The van der Waals surface area contributed by atoms with Crippen LogP contribution in [0.1, 0.15) is 23.2 Å². The lowest BCUT2D eigenvalue weighted by molar-refractivity contribution is -0.304. The van der Waals surface area contributed by atoms with Crippen LogP contribution in [0.5, 0.6) is 0 Å². The molecule has 1 atom stereocenters. The molecule has 0 aliphatic heterocycles. The summed E-state index contributed by atoms with van der Waals surface area (Å²) in [5.41, 5.74) is 0.791. The van der Waals surface area contributed by atoms with Gasteiger partial charge in [0, 0.05) is 10.1 Å². The molecule has 1 N–H and O–H groups in total. The van der Waals surface area contributed by atoms with E-state index in [0.29, 0.717) is 21.8 Å². The van der Waals surface area contributed by atoms with Gasteiger partial charge in [-0.3, -0.25) is 4.79 Å². The highest BCUT2D eigenvalue weighted by Gasteiger charge is 2.12. The van der Waals surface area contributed by atoms with E-state index in [9.17, 15) is 14.7 Å². The fourth-order valence-corrected chi connectivity index (χ4v) is 3.37. The summed E-state index contributed by atoms with van der Waals surface area (Å²) < 4.78 is 0. The quantitative estimate of drug-likeness (QED) is 0.909. The predicted octanol–water partition coefficient (Wildman–Crippen LogP) is 0.973. The van der Waals surface area contributed by atoms with E-state index in [2.05, 4.69) is 9.97 Å². The monoisotopic (exact) mass is 297 g/mol. The molecule has 102 valence electrons. The van der Waals surface area contributed by atoms with Crippen molar-refractivity contribution >= 4 is 39.3 Å². The number of aromatic nitrogens is 2. The van der Waals surface area contributed by atoms with Crippen molar-refractivity contribution < 1.29 is 9.90 Å². The van der Waals surface area contributed by atoms with Gasteiger partial charge in [-0.1, -0.05) is 0 Å². The lowest BCUT2D eigenvalue weighted by Gasteiger charge is -2.11. The highest BCUT2D eigenvalue weighted by Crippen LogP contribution is 2.26. The molecule has 0 radical (unpaired) electrons. The Bertz CT molecular complexity index is 690. The number of carboxylic acid groups (broad SMARTS) is 1. The fourth-order valence-electron chi connectivity index (χ4n) is 1.64. The molecular formula is C12H13N2O3S2-. The third kappa shape index (κ3) is 2.82. The van der Waals surface area contributed by atoms with E-state index in [1.165, 1.54) is 23.1 Å². The zero-order chi connectivity index (χ0) is 14.2.